The minimum atomic E-state index is -0.355. The molecule has 0 heterocycles. The summed E-state index contributed by atoms with van der Waals surface area (Å²) in [5.74, 6) is 1.67. The van der Waals surface area contributed by atoms with Crippen LogP contribution in [0.2, 0.25) is 0 Å². The molecule has 1 aliphatic carbocycles. The summed E-state index contributed by atoms with van der Waals surface area (Å²) in [5.41, 5.74) is 1.07. The molecule has 4 heteroatoms. The van der Waals surface area contributed by atoms with Gasteiger partial charge in [0.15, 0.2) is 0 Å². The van der Waals surface area contributed by atoms with Crippen LogP contribution in [0.15, 0.2) is 18.2 Å². The largest absolute Gasteiger partial charge is 0.497 e. The Hall–Kier alpha value is -1.26. The van der Waals surface area contributed by atoms with Gasteiger partial charge in [-0.2, -0.15) is 0 Å². The molecular weight excluding hydrogens is 266 g/mol. The Labute approximate surface area is 127 Å². The predicted molar refractivity (Wildman–Crippen MR) is 83.9 cm³/mol. The van der Waals surface area contributed by atoms with Crippen molar-refractivity contribution in [1.82, 2.24) is 5.32 Å². The van der Waals surface area contributed by atoms with Crippen LogP contribution in [-0.4, -0.2) is 30.5 Å². The fourth-order valence-electron chi connectivity index (χ4n) is 2.63. The number of ether oxygens (including phenoxy) is 2. The SMILES string of the molecule is COc1ccc(OC2CCCCC2O)c(CNC(C)C)c1. The maximum absolute atomic E-state index is 10.1. The van der Waals surface area contributed by atoms with Crippen LogP contribution in [0.3, 0.4) is 0 Å². The average Bonchev–Trinajstić information content (AvgIpc) is 2.48. The maximum Gasteiger partial charge on any atom is 0.124 e. The zero-order valence-electron chi connectivity index (χ0n) is 13.3. The van der Waals surface area contributed by atoms with Crippen LogP contribution in [-0.2, 0) is 6.54 Å². The van der Waals surface area contributed by atoms with E-state index in [0.717, 1.165) is 49.3 Å². The summed E-state index contributed by atoms with van der Waals surface area (Å²) in [6.45, 7) is 4.96. The molecule has 1 saturated carbocycles. The fourth-order valence-corrected chi connectivity index (χ4v) is 2.63. The lowest BCUT2D eigenvalue weighted by Crippen LogP contribution is -2.35. The molecule has 118 valence electrons. The Morgan fingerprint density at radius 1 is 1.29 bits per heavy atom. The van der Waals surface area contributed by atoms with Crippen molar-refractivity contribution in [2.75, 3.05) is 7.11 Å². The van der Waals surface area contributed by atoms with Gasteiger partial charge in [0.25, 0.3) is 0 Å². The minimum absolute atomic E-state index is 0.0926. The molecule has 0 saturated heterocycles. The highest BCUT2D eigenvalue weighted by molar-refractivity contribution is 5.40. The van der Waals surface area contributed by atoms with E-state index in [1.165, 1.54) is 0 Å². The van der Waals surface area contributed by atoms with E-state index in [-0.39, 0.29) is 12.2 Å². The van der Waals surface area contributed by atoms with E-state index in [9.17, 15) is 5.11 Å². The number of hydrogen-bond donors (Lipinski definition) is 2. The third-order valence-corrected chi connectivity index (χ3v) is 3.91. The molecule has 0 amide bonds. The van der Waals surface area contributed by atoms with Crippen LogP contribution in [0.1, 0.15) is 45.1 Å². The molecule has 21 heavy (non-hydrogen) atoms. The minimum Gasteiger partial charge on any atom is -0.497 e. The first-order chi connectivity index (χ1) is 10.1. The molecule has 2 unspecified atom stereocenters. The Morgan fingerprint density at radius 2 is 2.05 bits per heavy atom. The maximum atomic E-state index is 10.1. The number of methoxy groups -OCH3 is 1. The van der Waals surface area contributed by atoms with Crippen molar-refractivity contribution >= 4 is 0 Å². The summed E-state index contributed by atoms with van der Waals surface area (Å²) >= 11 is 0. The Kier molecular flexibility index (Phi) is 5.88. The molecule has 2 rings (SSSR count). The monoisotopic (exact) mass is 293 g/mol. The second-order valence-corrected chi connectivity index (χ2v) is 6.02. The van der Waals surface area contributed by atoms with E-state index >= 15 is 0 Å². The smallest absolute Gasteiger partial charge is 0.124 e. The van der Waals surface area contributed by atoms with Gasteiger partial charge in [-0.1, -0.05) is 20.3 Å². The lowest BCUT2D eigenvalue weighted by molar-refractivity contribution is 0.00632. The van der Waals surface area contributed by atoms with Gasteiger partial charge in [-0.3, -0.25) is 0 Å². The zero-order valence-corrected chi connectivity index (χ0v) is 13.3. The van der Waals surface area contributed by atoms with Crippen LogP contribution in [0.4, 0.5) is 0 Å². The Morgan fingerprint density at radius 3 is 2.71 bits per heavy atom. The Bertz CT molecular complexity index is 448. The van der Waals surface area contributed by atoms with Gasteiger partial charge in [0.1, 0.15) is 17.6 Å². The third-order valence-electron chi connectivity index (χ3n) is 3.91. The third kappa shape index (κ3) is 4.61. The quantitative estimate of drug-likeness (QED) is 0.847. The second-order valence-electron chi connectivity index (χ2n) is 6.02. The summed E-state index contributed by atoms with van der Waals surface area (Å²) < 4.78 is 11.4. The van der Waals surface area contributed by atoms with E-state index in [0.29, 0.717) is 6.04 Å². The van der Waals surface area contributed by atoms with E-state index < -0.39 is 0 Å². The molecule has 1 fully saturated rings. The molecule has 2 atom stereocenters. The molecule has 0 aliphatic heterocycles. The zero-order chi connectivity index (χ0) is 15.2. The predicted octanol–water partition coefficient (Wildman–Crippen LogP) is 2.88. The summed E-state index contributed by atoms with van der Waals surface area (Å²) in [6, 6.07) is 6.25. The summed E-state index contributed by atoms with van der Waals surface area (Å²) in [5, 5.41) is 13.5. The average molecular weight is 293 g/mol. The molecule has 4 nitrogen and oxygen atoms in total. The van der Waals surface area contributed by atoms with Gasteiger partial charge in [-0.15, -0.1) is 0 Å². The topological polar surface area (TPSA) is 50.7 Å². The van der Waals surface area contributed by atoms with Gasteiger partial charge in [0, 0.05) is 18.2 Å². The molecular formula is C17H27NO3. The molecule has 1 aromatic rings. The van der Waals surface area contributed by atoms with E-state index in [4.69, 9.17) is 9.47 Å². The molecule has 2 N–H and O–H groups in total. The van der Waals surface area contributed by atoms with E-state index in [1.807, 2.05) is 18.2 Å². The lowest BCUT2D eigenvalue weighted by atomic mass is 9.95. The molecule has 0 radical (unpaired) electrons. The van der Waals surface area contributed by atoms with Crippen molar-refractivity contribution in [2.24, 2.45) is 0 Å². The van der Waals surface area contributed by atoms with Crippen molar-refractivity contribution in [3.8, 4) is 11.5 Å². The van der Waals surface area contributed by atoms with Gasteiger partial charge >= 0.3 is 0 Å². The normalized spacial score (nSPS) is 22.3. The standard InChI is InChI=1S/C17H27NO3/c1-12(2)18-11-13-10-14(20-3)8-9-16(13)21-17-7-5-4-6-15(17)19/h8-10,12,15,17-19H,4-7,11H2,1-3H3. The number of hydrogen-bond acceptors (Lipinski definition) is 4. The van der Waals surface area contributed by atoms with Gasteiger partial charge < -0.3 is 19.9 Å². The number of benzene rings is 1. The van der Waals surface area contributed by atoms with Crippen molar-refractivity contribution in [3.05, 3.63) is 23.8 Å². The first kappa shape index (κ1) is 16.1. The second kappa shape index (κ2) is 7.66. The first-order valence-corrected chi connectivity index (χ1v) is 7.85. The van der Waals surface area contributed by atoms with Crippen LogP contribution in [0, 0.1) is 0 Å². The first-order valence-electron chi connectivity index (χ1n) is 7.85. The number of rotatable bonds is 6. The van der Waals surface area contributed by atoms with Crippen molar-refractivity contribution in [3.63, 3.8) is 0 Å². The summed E-state index contributed by atoms with van der Waals surface area (Å²) in [4.78, 5) is 0. The highest BCUT2D eigenvalue weighted by atomic mass is 16.5. The molecule has 0 aromatic heterocycles. The molecule has 1 aromatic carbocycles. The number of aliphatic hydroxyl groups is 1. The highest BCUT2D eigenvalue weighted by Gasteiger charge is 2.25. The van der Waals surface area contributed by atoms with Crippen molar-refractivity contribution in [1.29, 1.82) is 0 Å². The van der Waals surface area contributed by atoms with Crippen LogP contribution in [0.5, 0.6) is 11.5 Å². The van der Waals surface area contributed by atoms with Gasteiger partial charge in [-0.25, -0.2) is 0 Å². The number of nitrogens with one attached hydrogen (secondary N) is 1. The molecule has 0 bridgehead atoms. The number of aliphatic hydroxyl groups excluding tert-OH is 1. The summed E-state index contributed by atoms with van der Waals surface area (Å²) in [7, 11) is 1.67. The van der Waals surface area contributed by atoms with Gasteiger partial charge in [0.2, 0.25) is 0 Å². The van der Waals surface area contributed by atoms with Crippen LogP contribution in [0.25, 0.3) is 0 Å². The van der Waals surface area contributed by atoms with Crippen LogP contribution < -0.4 is 14.8 Å². The van der Waals surface area contributed by atoms with E-state index in [2.05, 4.69) is 19.2 Å². The lowest BCUT2D eigenvalue weighted by Gasteiger charge is -2.29. The van der Waals surface area contributed by atoms with Gasteiger partial charge in [0.05, 0.1) is 13.2 Å². The van der Waals surface area contributed by atoms with Crippen LogP contribution >= 0.6 is 0 Å². The highest BCUT2D eigenvalue weighted by Crippen LogP contribution is 2.29. The Balaban J connectivity index is 2.12. The van der Waals surface area contributed by atoms with Gasteiger partial charge in [-0.05, 0) is 37.5 Å². The fraction of sp³-hybridized carbons (Fsp3) is 0.647. The van der Waals surface area contributed by atoms with Crippen molar-refractivity contribution in [2.45, 2.75) is 64.3 Å². The van der Waals surface area contributed by atoms with Crippen molar-refractivity contribution < 1.29 is 14.6 Å². The van der Waals surface area contributed by atoms with E-state index in [1.54, 1.807) is 7.11 Å². The molecule has 0 spiro atoms. The summed E-state index contributed by atoms with van der Waals surface area (Å²) in [6.07, 6.45) is 3.52. The molecule has 1 aliphatic rings.